The molecule has 0 amide bonds. The van der Waals surface area contributed by atoms with E-state index in [1.807, 2.05) is 0 Å². The van der Waals surface area contributed by atoms with Gasteiger partial charge in [-0.05, 0) is 13.0 Å². The van der Waals surface area contributed by atoms with E-state index in [2.05, 4.69) is 10.3 Å². The van der Waals surface area contributed by atoms with E-state index in [4.69, 9.17) is 4.42 Å². The molecule has 0 radical (unpaired) electrons. The van der Waals surface area contributed by atoms with Crippen LogP contribution in [0, 0.1) is 18.6 Å². The minimum Gasteiger partial charge on any atom is -0.468 e. The van der Waals surface area contributed by atoms with E-state index < -0.39 is 11.6 Å². The monoisotopic (exact) mass is 256 g/mol. The molecule has 0 aliphatic carbocycles. The zero-order valence-corrected chi connectivity index (χ0v) is 10.1. The van der Waals surface area contributed by atoms with Crippen LogP contribution in [0.2, 0.25) is 0 Å². The number of pyridine rings is 1. The number of halogens is 2. The van der Waals surface area contributed by atoms with Gasteiger partial charge in [0.1, 0.15) is 10.8 Å². The van der Waals surface area contributed by atoms with Crippen molar-refractivity contribution in [1.29, 1.82) is 0 Å². The fourth-order valence-corrected chi connectivity index (χ4v) is 2.10. The van der Waals surface area contributed by atoms with Crippen LogP contribution in [0.4, 0.5) is 14.6 Å². The number of hydrogen-bond acceptors (Lipinski definition) is 4. The van der Waals surface area contributed by atoms with Gasteiger partial charge in [-0.2, -0.15) is 0 Å². The first-order valence-electron chi connectivity index (χ1n) is 4.87. The highest BCUT2D eigenvalue weighted by molar-refractivity contribution is 7.99. The van der Waals surface area contributed by atoms with Crippen molar-refractivity contribution in [3.63, 3.8) is 0 Å². The summed E-state index contributed by atoms with van der Waals surface area (Å²) in [4.78, 5) is 4.62. The number of furan rings is 1. The average molecular weight is 256 g/mol. The lowest BCUT2D eigenvalue weighted by molar-refractivity contribution is 0.526. The zero-order valence-electron chi connectivity index (χ0n) is 9.25. The van der Waals surface area contributed by atoms with Gasteiger partial charge < -0.3 is 9.73 Å². The first-order valence-corrected chi connectivity index (χ1v) is 5.69. The molecular weight excluding hydrogens is 246 g/mol. The Kier molecular flexibility index (Phi) is 3.33. The van der Waals surface area contributed by atoms with Crippen LogP contribution >= 0.6 is 11.8 Å². The summed E-state index contributed by atoms with van der Waals surface area (Å²) in [7, 11) is 1.53. The lowest BCUT2D eigenvalue weighted by Gasteiger charge is -2.05. The van der Waals surface area contributed by atoms with Crippen molar-refractivity contribution < 1.29 is 13.2 Å². The highest BCUT2D eigenvalue weighted by atomic mass is 32.2. The van der Waals surface area contributed by atoms with E-state index in [1.54, 1.807) is 13.0 Å². The van der Waals surface area contributed by atoms with Gasteiger partial charge in [0.25, 0.3) is 0 Å². The van der Waals surface area contributed by atoms with Gasteiger partial charge in [-0.3, -0.25) is 0 Å². The first kappa shape index (κ1) is 11.9. The molecule has 0 spiro atoms. The highest BCUT2D eigenvalue weighted by Crippen LogP contribution is 2.32. The van der Waals surface area contributed by atoms with Gasteiger partial charge in [-0.25, -0.2) is 13.8 Å². The van der Waals surface area contributed by atoms with Crippen LogP contribution in [0.5, 0.6) is 0 Å². The molecule has 0 fully saturated rings. The molecule has 2 aromatic rings. The minimum absolute atomic E-state index is 0.0232. The third-order valence-electron chi connectivity index (χ3n) is 2.15. The van der Waals surface area contributed by atoms with E-state index in [0.717, 1.165) is 22.7 Å². The van der Waals surface area contributed by atoms with Gasteiger partial charge in [0.05, 0.1) is 11.2 Å². The molecular formula is C11H10F2N2OS. The smallest absolute Gasteiger partial charge is 0.168 e. The third-order valence-corrected chi connectivity index (χ3v) is 3.28. The summed E-state index contributed by atoms with van der Waals surface area (Å²) in [5, 5.41) is 2.68. The molecule has 0 aromatic carbocycles. The summed E-state index contributed by atoms with van der Waals surface area (Å²) >= 11 is 1.10. The maximum atomic E-state index is 13.5. The molecule has 0 aliphatic rings. The van der Waals surface area contributed by atoms with Crippen molar-refractivity contribution in [2.45, 2.75) is 16.8 Å². The molecule has 90 valence electrons. The summed E-state index contributed by atoms with van der Waals surface area (Å²) in [6.45, 7) is 1.77. The average Bonchev–Trinajstić information content (AvgIpc) is 2.68. The third kappa shape index (κ3) is 2.41. The molecule has 0 atom stereocenters. The van der Waals surface area contributed by atoms with Crippen molar-refractivity contribution in [3.8, 4) is 0 Å². The number of nitrogens with one attached hydrogen (secondary N) is 1. The lowest BCUT2D eigenvalue weighted by atomic mass is 10.4. The van der Waals surface area contributed by atoms with Crippen LogP contribution in [-0.2, 0) is 0 Å². The normalized spacial score (nSPS) is 10.6. The lowest BCUT2D eigenvalue weighted by Crippen LogP contribution is -1.99. The molecule has 0 saturated heterocycles. The Balaban J connectivity index is 2.36. The fourth-order valence-electron chi connectivity index (χ4n) is 1.28. The van der Waals surface area contributed by atoms with Crippen LogP contribution < -0.4 is 5.32 Å². The zero-order chi connectivity index (χ0) is 12.4. The summed E-state index contributed by atoms with van der Waals surface area (Å²) in [5.74, 6) is -0.702. The largest absolute Gasteiger partial charge is 0.468 e. The molecule has 1 N–H and O–H groups in total. The fraction of sp³-hybridized carbons (Fsp3) is 0.182. The molecule has 2 aromatic heterocycles. The van der Waals surface area contributed by atoms with E-state index >= 15 is 0 Å². The number of hydrogen-bond donors (Lipinski definition) is 1. The van der Waals surface area contributed by atoms with Crippen LogP contribution in [0.25, 0.3) is 0 Å². The molecule has 6 heteroatoms. The predicted octanol–water partition coefficient (Wildman–Crippen LogP) is 3.45. The molecule has 0 unspecified atom stereocenters. The highest BCUT2D eigenvalue weighted by Gasteiger charge is 2.14. The van der Waals surface area contributed by atoms with Crippen molar-refractivity contribution in [2.24, 2.45) is 0 Å². The Morgan fingerprint density at radius 3 is 2.71 bits per heavy atom. The number of anilines is 1. The molecule has 0 bridgehead atoms. The standard InChI is InChI=1S/C11H10F2N2OS/c1-6-9(3-4-16-6)17-11-8(13)5-7(12)10(14-2)15-11/h3-5H,1-2H3,(H,14,15). The van der Waals surface area contributed by atoms with Crippen molar-refractivity contribution >= 4 is 17.6 Å². The molecule has 17 heavy (non-hydrogen) atoms. The number of nitrogens with zero attached hydrogens (tertiary/aromatic N) is 1. The van der Waals surface area contributed by atoms with Gasteiger partial charge >= 0.3 is 0 Å². The van der Waals surface area contributed by atoms with Crippen molar-refractivity contribution in [3.05, 3.63) is 35.8 Å². The molecule has 3 nitrogen and oxygen atoms in total. The maximum Gasteiger partial charge on any atom is 0.168 e. The second-order valence-corrected chi connectivity index (χ2v) is 4.33. The van der Waals surface area contributed by atoms with Gasteiger partial charge in [0.2, 0.25) is 0 Å². The summed E-state index contributed by atoms with van der Waals surface area (Å²) in [5.41, 5.74) is 0. The Labute approximate surface area is 101 Å². The van der Waals surface area contributed by atoms with Crippen molar-refractivity contribution in [2.75, 3.05) is 12.4 Å². The molecule has 2 heterocycles. The quantitative estimate of drug-likeness (QED) is 0.912. The van der Waals surface area contributed by atoms with Gasteiger partial charge in [-0.1, -0.05) is 11.8 Å². The van der Waals surface area contributed by atoms with Crippen molar-refractivity contribution in [1.82, 2.24) is 4.98 Å². The van der Waals surface area contributed by atoms with Crippen LogP contribution in [0.3, 0.4) is 0 Å². The number of aromatic nitrogens is 1. The Morgan fingerprint density at radius 1 is 1.35 bits per heavy atom. The maximum absolute atomic E-state index is 13.5. The second kappa shape index (κ2) is 4.75. The summed E-state index contributed by atoms with van der Waals surface area (Å²) in [6.07, 6.45) is 1.51. The molecule has 2 rings (SSSR count). The predicted molar refractivity (Wildman–Crippen MR) is 61.3 cm³/mol. The van der Waals surface area contributed by atoms with Gasteiger partial charge in [0, 0.05) is 13.1 Å². The molecule has 0 saturated carbocycles. The Morgan fingerprint density at radius 2 is 2.12 bits per heavy atom. The number of rotatable bonds is 3. The molecule has 0 aliphatic heterocycles. The van der Waals surface area contributed by atoms with Gasteiger partial charge in [0.15, 0.2) is 17.5 Å². The van der Waals surface area contributed by atoms with E-state index in [1.165, 1.54) is 13.3 Å². The van der Waals surface area contributed by atoms with E-state index in [0.29, 0.717) is 5.76 Å². The van der Waals surface area contributed by atoms with Crippen LogP contribution in [0.15, 0.2) is 32.7 Å². The van der Waals surface area contributed by atoms with E-state index in [-0.39, 0.29) is 10.8 Å². The summed E-state index contributed by atoms with van der Waals surface area (Å²) < 4.78 is 31.8. The Bertz CT molecular complexity index is 542. The number of aryl methyl sites for hydroxylation is 1. The topological polar surface area (TPSA) is 38.1 Å². The minimum atomic E-state index is -0.710. The van der Waals surface area contributed by atoms with Gasteiger partial charge in [-0.15, -0.1) is 0 Å². The first-order chi connectivity index (χ1) is 8.11. The SMILES string of the molecule is CNc1nc(Sc2ccoc2C)c(F)cc1F. The Hall–Kier alpha value is -1.56. The summed E-state index contributed by atoms with van der Waals surface area (Å²) in [6, 6.07) is 2.53. The van der Waals surface area contributed by atoms with Crippen LogP contribution in [-0.4, -0.2) is 12.0 Å². The van der Waals surface area contributed by atoms with Crippen LogP contribution in [0.1, 0.15) is 5.76 Å². The van der Waals surface area contributed by atoms with E-state index in [9.17, 15) is 8.78 Å². The second-order valence-electron chi connectivity index (χ2n) is 3.30.